The quantitative estimate of drug-likeness (QED) is 0.873. The van der Waals surface area contributed by atoms with Crippen LogP contribution in [0.5, 0.6) is 0 Å². The van der Waals surface area contributed by atoms with Crippen molar-refractivity contribution in [2.75, 3.05) is 7.05 Å². The average Bonchev–Trinajstić information content (AvgIpc) is 2.17. The third-order valence-corrected chi connectivity index (χ3v) is 4.13. The number of halogens is 1. The van der Waals surface area contributed by atoms with Crippen molar-refractivity contribution in [2.45, 2.75) is 4.90 Å². The van der Waals surface area contributed by atoms with Crippen molar-refractivity contribution in [3.8, 4) is 0 Å². The molecule has 0 aliphatic rings. The van der Waals surface area contributed by atoms with E-state index in [-0.39, 0.29) is 14.9 Å². The molecule has 0 aromatic heterocycles. The maximum absolute atomic E-state index is 11.4. The predicted octanol–water partition coefficient (Wildman–Crippen LogP) is 1.06. The molecule has 0 heterocycles. The van der Waals surface area contributed by atoms with Crippen LogP contribution in [0.1, 0.15) is 10.4 Å². The Morgan fingerprint density at radius 2 is 2.07 bits per heavy atom. The minimum Gasteiger partial charge on any atom is -0.478 e. The van der Waals surface area contributed by atoms with Gasteiger partial charge in [0.2, 0.25) is 10.0 Å². The van der Waals surface area contributed by atoms with Gasteiger partial charge in [0.15, 0.2) is 0 Å². The summed E-state index contributed by atoms with van der Waals surface area (Å²) < 4.78 is 25.2. The summed E-state index contributed by atoms with van der Waals surface area (Å²) in [4.78, 5) is 10.6. The summed E-state index contributed by atoms with van der Waals surface area (Å²) in [6, 6.07) is 3.71. The Balaban J connectivity index is 3.32. The molecular weight excluding hydrogens is 286 g/mol. The Hall–Kier alpha value is -0.920. The van der Waals surface area contributed by atoms with Crippen molar-refractivity contribution in [3.05, 3.63) is 28.2 Å². The van der Waals surface area contributed by atoms with Gasteiger partial charge in [-0.05, 0) is 41.2 Å². The van der Waals surface area contributed by atoms with E-state index in [4.69, 9.17) is 5.11 Å². The molecule has 0 unspecified atom stereocenters. The largest absolute Gasteiger partial charge is 0.478 e. The molecule has 0 aliphatic carbocycles. The second-order valence-corrected chi connectivity index (χ2v) is 5.37. The molecule has 0 atom stereocenters. The first-order valence-electron chi connectivity index (χ1n) is 3.85. The molecule has 0 saturated carbocycles. The van der Waals surface area contributed by atoms with Gasteiger partial charge in [-0.2, -0.15) is 0 Å². The van der Waals surface area contributed by atoms with E-state index < -0.39 is 16.0 Å². The first-order chi connectivity index (χ1) is 6.88. The lowest BCUT2D eigenvalue weighted by Gasteiger charge is -2.05. The Labute approximate surface area is 95.3 Å². The number of carboxylic acid groups (broad SMARTS) is 1. The number of rotatable bonds is 3. The standard InChI is InChI=1S/C8H8BrNO4S/c1-10-15(13,14)7-3-2-5(8(11)12)4-6(7)9/h2-4,10H,1H3,(H,11,12). The van der Waals surface area contributed by atoms with Gasteiger partial charge in [-0.1, -0.05) is 0 Å². The number of hydrogen-bond donors (Lipinski definition) is 2. The highest BCUT2D eigenvalue weighted by Gasteiger charge is 2.16. The van der Waals surface area contributed by atoms with Crippen molar-refractivity contribution >= 4 is 31.9 Å². The van der Waals surface area contributed by atoms with Crippen molar-refractivity contribution in [1.82, 2.24) is 4.72 Å². The molecule has 0 spiro atoms. The summed E-state index contributed by atoms with van der Waals surface area (Å²) in [5.74, 6) is -1.11. The molecule has 2 N–H and O–H groups in total. The van der Waals surface area contributed by atoms with E-state index in [1.54, 1.807) is 0 Å². The van der Waals surface area contributed by atoms with E-state index in [0.717, 1.165) is 0 Å². The SMILES string of the molecule is CNS(=O)(=O)c1ccc(C(=O)O)cc1Br. The molecule has 15 heavy (non-hydrogen) atoms. The topological polar surface area (TPSA) is 83.5 Å². The van der Waals surface area contributed by atoms with Gasteiger partial charge in [0.25, 0.3) is 0 Å². The fraction of sp³-hybridized carbons (Fsp3) is 0.125. The van der Waals surface area contributed by atoms with Gasteiger partial charge in [-0.15, -0.1) is 0 Å². The highest BCUT2D eigenvalue weighted by atomic mass is 79.9. The molecule has 1 aromatic rings. The zero-order chi connectivity index (χ0) is 11.6. The third-order valence-electron chi connectivity index (χ3n) is 1.74. The van der Waals surface area contributed by atoms with Crippen molar-refractivity contribution in [1.29, 1.82) is 0 Å². The molecule has 0 saturated heterocycles. The van der Waals surface area contributed by atoms with Crippen LogP contribution in [0.15, 0.2) is 27.6 Å². The molecule has 0 fully saturated rings. The van der Waals surface area contributed by atoms with Crippen LogP contribution in [0.3, 0.4) is 0 Å². The van der Waals surface area contributed by atoms with Crippen LogP contribution < -0.4 is 4.72 Å². The average molecular weight is 294 g/mol. The highest BCUT2D eigenvalue weighted by Crippen LogP contribution is 2.22. The maximum atomic E-state index is 11.4. The molecule has 82 valence electrons. The molecule has 1 aromatic carbocycles. The minimum atomic E-state index is -3.56. The molecule has 1 rings (SSSR count). The Bertz CT molecular complexity index is 497. The summed E-state index contributed by atoms with van der Waals surface area (Å²) >= 11 is 3.01. The first-order valence-corrected chi connectivity index (χ1v) is 6.12. The van der Waals surface area contributed by atoms with E-state index in [2.05, 4.69) is 20.7 Å². The fourth-order valence-electron chi connectivity index (χ4n) is 0.962. The van der Waals surface area contributed by atoms with Crippen LogP contribution >= 0.6 is 15.9 Å². The molecular formula is C8H8BrNO4S. The lowest BCUT2D eigenvalue weighted by atomic mass is 10.2. The van der Waals surface area contributed by atoms with Crippen LogP contribution in [0.25, 0.3) is 0 Å². The summed E-state index contributed by atoms with van der Waals surface area (Å²) in [6.45, 7) is 0. The first kappa shape index (κ1) is 12.2. The van der Waals surface area contributed by atoms with Crippen LogP contribution in [-0.4, -0.2) is 26.5 Å². The van der Waals surface area contributed by atoms with Gasteiger partial charge < -0.3 is 5.11 Å². The molecule has 5 nitrogen and oxygen atoms in total. The normalized spacial score (nSPS) is 11.3. The van der Waals surface area contributed by atoms with Crippen molar-refractivity contribution in [3.63, 3.8) is 0 Å². The molecule has 7 heteroatoms. The lowest BCUT2D eigenvalue weighted by Crippen LogP contribution is -2.19. The Morgan fingerprint density at radius 3 is 2.47 bits per heavy atom. The van der Waals surface area contributed by atoms with E-state index in [1.807, 2.05) is 0 Å². The number of carboxylic acids is 1. The predicted molar refractivity (Wildman–Crippen MR) is 57.3 cm³/mol. The highest BCUT2D eigenvalue weighted by molar-refractivity contribution is 9.10. The molecule has 0 amide bonds. The van der Waals surface area contributed by atoms with Crippen LogP contribution in [0.2, 0.25) is 0 Å². The molecule has 0 radical (unpaired) electrons. The van der Waals surface area contributed by atoms with Crippen LogP contribution in [0, 0.1) is 0 Å². The van der Waals surface area contributed by atoms with Gasteiger partial charge in [0, 0.05) is 4.47 Å². The summed E-state index contributed by atoms with van der Waals surface area (Å²) in [6.07, 6.45) is 0. The zero-order valence-electron chi connectivity index (χ0n) is 7.69. The van der Waals surface area contributed by atoms with Gasteiger partial charge in [0.1, 0.15) is 0 Å². The number of aromatic carboxylic acids is 1. The number of hydrogen-bond acceptors (Lipinski definition) is 3. The summed E-state index contributed by atoms with van der Waals surface area (Å²) in [5, 5.41) is 8.67. The number of sulfonamides is 1. The van der Waals surface area contributed by atoms with Gasteiger partial charge in [-0.3, -0.25) is 0 Å². The number of benzene rings is 1. The number of nitrogens with one attached hydrogen (secondary N) is 1. The second-order valence-electron chi connectivity index (χ2n) is 2.66. The van der Waals surface area contributed by atoms with E-state index in [1.165, 1.54) is 25.2 Å². The molecule has 0 aliphatic heterocycles. The third kappa shape index (κ3) is 2.55. The summed E-state index contributed by atoms with van der Waals surface area (Å²) in [5.41, 5.74) is 0.0249. The monoisotopic (exact) mass is 293 g/mol. The Morgan fingerprint density at radius 1 is 1.47 bits per heavy atom. The fourth-order valence-corrected chi connectivity index (χ4v) is 2.76. The zero-order valence-corrected chi connectivity index (χ0v) is 10.1. The van der Waals surface area contributed by atoms with E-state index in [9.17, 15) is 13.2 Å². The van der Waals surface area contributed by atoms with Crippen LogP contribution in [0.4, 0.5) is 0 Å². The second kappa shape index (κ2) is 4.30. The summed E-state index contributed by atoms with van der Waals surface area (Å²) in [7, 11) is -2.28. The van der Waals surface area contributed by atoms with Crippen LogP contribution in [-0.2, 0) is 10.0 Å². The minimum absolute atomic E-state index is 0.00926. The maximum Gasteiger partial charge on any atom is 0.335 e. The lowest BCUT2D eigenvalue weighted by molar-refractivity contribution is 0.0696. The van der Waals surface area contributed by atoms with Crippen molar-refractivity contribution < 1.29 is 18.3 Å². The number of carbonyl (C=O) groups is 1. The van der Waals surface area contributed by atoms with E-state index in [0.29, 0.717) is 0 Å². The van der Waals surface area contributed by atoms with Crippen molar-refractivity contribution in [2.24, 2.45) is 0 Å². The van der Waals surface area contributed by atoms with Gasteiger partial charge in [0.05, 0.1) is 10.5 Å². The molecule has 0 bridgehead atoms. The van der Waals surface area contributed by atoms with E-state index >= 15 is 0 Å². The van der Waals surface area contributed by atoms with Gasteiger partial charge in [-0.25, -0.2) is 17.9 Å². The smallest absolute Gasteiger partial charge is 0.335 e. The Kier molecular flexibility index (Phi) is 3.48. The van der Waals surface area contributed by atoms with Gasteiger partial charge >= 0.3 is 5.97 Å².